The predicted octanol–water partition coefficient (Wildman–Crippen LogP) is 3.44. The van der Waals surface area contributed by atoms with Gasteiger partial charge in [-0.05, 0) is 38.1 Å². The van der Waals surface area contributed by atoms with E-state index in [2.05, 4.69) is 20.6 Å². The molecule has 0 saturated carbocycles. The van der Waals surface area contributed by atoms with Crippen LogP contribution >= 0.6 is 23.2 Å². The van der Waals surface area contributed by atoms with E-state index < -0.39 is 0 Å². The summed E-state index contributed by atoms with van der Waals surface area (Å²) in [5, 5.41) is 7.40. The number of ether oxygens (including phenoxy) is 2. The van der Waals surface area contributed by atoms with Crippen molar-refractivity contribution in [1.29, 1.82) is 0 Å². The number of hydrogen-bond acceptors (Lipinski definition) is 6. The quantitative estimate of drug-likeness (QED) is 0.637. The zero-order chi connectivity index (χ0) is 19.3. The molecule has 0 unspecified atom stereocenters. The van der Waals surface area contributed by atoms with Gasteiger partial charge in [-0.15, -0.1) is 0 Å². The van der Waals surface area contributed by atoms with Gasteiger partial charge in [0.2, 0.25) is 0 Å². The summed E-state index contributed by atoms with van der Waals surface area (Å²) in [6.45, 7) is 3.35. The maximum absolute atomic E-state index is 6.23. The molecule has 0 amide bonds. The van der Waals surface area contributed by atoms with Gasteiger partial charge in [-0.1, -0.05) is 35.4 Å². The Morgan fingerprint density at radius 3 is 1.64 bits per heavy atom. The summed E-state index contributed by atoms with van der Waals surface area (Å²) in [7, 11) is 0. The second-order valence-corrected chi connectivity index (χ2v) is 7.65. The number of pyridine rings is 2. The van der Waals surface area contributed by atoms with Crippen LogP contribution < -0.4 is 20.1 Å². The average molecular weight is 421 g/mol. The lowest BCUT2D eigenvalue weighted by Crippen LogP contribution is -2.46. The van der Waals surface area contributed by atoms with Gasteiger partial charge in [0.15, 0.2) is 0 Å². The van der Waals surface area contributed by atoms with Gasteiger partial charge in [-0.3, -0.25) is 0 Å². The Bertz CT molecular complexity index is 785. The molecule has 4 rings (SSSR count). The van der Waals surface area contributed by atoms with E-state index in [0.717, 1.165) is 37.1 Å². The summed E-state index contributed by atoms with van der Waals surface area (Å²) in [5.74, 6) is 1.37. The van der Waals surface area contributed by atoms with Crippen LogP contribution in [0.2, 0.25) is 10.3 Å². The van der Waals surface area contributed by atoms with Gasteiger partial charge < -0.3 is 20.1 Å². The minimum Gasteiger partial charge on any atom is -0.490 e. The van der Waals surface area contributed by atoms with Gasteiger partial charge in [0.25, 0.3) is 0 Å². The minimum absolute atomic E-state index is 0.401. The highest BCUT2D eigenvalue weighted by Crippen LogP contribution is 2.25. The first-order valence-electron chi connectivity index (χ1n) is 9.39. The van der Waals surface area contributed by atoms with Crippen LogP contribution in [0.1, 0.15) is 24.0 Å². The van der Waals surface area contributed by atoms with Crippen LogP contribution in [0.15, 0.2) is 24.5 Å². The number of hydrogen-bond donors (Lipinski definition) is 2. The van der Waals surface area contributed by atoms with Gasteiger partial charge >= 0.3 is 0 Å². The van der Waals surface area contributed by atoms with Crippen molar-refractivity contribution in [2.45, 2.75) is 24.9 Å². The van der Waals surface area contributed by atoms with E-state index >= 15 is 0 Å². The summed E-state index contributed by atoms with van der Waals surface area (Å²) < 4.78 is 11.6. The van der Waals surface area contributed by atoms with Crippen LogP contribution in [-0.4, -0.2) is 48.4 Å². The van der Waals surface area contributed by atoms with Crippen molar-refractivity contribution < 1.29 is 9.47 Å². The number of aromatic nitrogens is 2. The Balaban J connectivity index is 1.43. The lowest BCUT2D eigenvalue weighted by molar-refractivity contribution is 0.217. The van der Waals surface area contributed by atoms with E-state index in [4.69, 9.17) is 32.7 Å². The van der Waals surface area contributed by atoms with Crippen LogP contribution in [0.5, 0.6) is 11.5 Å². The molecule has 0 bridgehead atoms. The van der Waals surface area contributed by atoms with Gasteiger partial charge in [0.05, 0.1) is 12.4 Å². The van der Waals surface area contributed by atoms with Crippen LogP contribution in [0, 0.1) is 0 Å². The number of nitrogens with zero attached hydrogens (tertiary/aromatic N) is 2. The van der Waals surface area contributed by atoms with Crippen molar-refractivity contribution in [2.75, 3.05) is 26.3 Å². The molecule has 2 aliphatic rings. The van der Waals surface area contributed by atoms with Crippen molar-refractivity contribution in [2.24, 2.45) is 0 Å². The standard InChI is InChI=1S/C20H22Cl2N4O2/c21-19-13(7-17(9-25-19)27-11-15-3-5-23-15)1-2-14-8-18(10-26-20(14)22)28-12-16-4-6-24-16/h1-2,7-10,15-16,23-24H,3-6,11-12H2/t15-,16-/m0/s1. The van der Waals surface area contributed by atoms with E-state index in [9.17, 15) is 0 Å². The first-order valence-corrected chi connectivity index (χ1v) is 10.1. The van der Waals surface area contributed by atoms with Crippen molar-refractivity contribution in [3.8, 4) is 11.5 Å². The third-order valence-corrected chi connectivity index (χ3v) is 5.51. The van der Waals surface area contributed by atoms with E-state index in [-0.39, 0.29) is 0 Å². The van der Waals surface area contributed by atoms with E-state index in [1.807, 2.05) is 24.3 Å². The largest absolute Gasteiger partial charge is 0.490 e. The molecule has 2 fully saturated rings. The van der Waals surface area contributed by atoms with E-state index in [1.165, 1.54) is 0 Å². The van der Waals surface area contributed by atoms with Gasteiger partial charge in [0, 0.05) is 23.2 Å². The van der Waals surface area contributed by atoms with Gasteiger partial charge in [-0.2, -0.15) is 0 Å². The molecule has 2 saturated heterocycles. The van der Waals surface area contributed by atoms with Gasteiger partial charge in [0.1, 0.15) is 35.0 Å². The molecule has 8 heteroatoms. The predicted molar refractivity (Wildman–Crippen MR) is 111 cm³/mol. The fourth-order valence-corrected chi connectivity index (χ4v) is 3.17. The molecule has 0 aliphatic carbocycles. The fraction of sp³-hybridized carbons (Fsp3) is 0.400. The molecule has 6 nitrogen and oxygen atoms in total. The molecule has 4 heterocycles. The van der Waals surface area contributed by atoms with Crippen molar-refractivity contribution in [3.05, 3.63) is 46.0 Å². The third-order valence-electron chi connectivity index (χ3n) is 4.88. The molecule has 0 aromatic carbocycles. The molecule has 2 aliphatic heterocycles. The Labute approximate surface area is 174 Å². The SMILES string of the molecule is Clc1ncc(OC[C@@H]2CCN2)cc1C=Cc1cc(OC[C@@H]2CCN2)cnc1Cl. The molecule has 2 atom stereocenters. The molecular formula is C20H22Cl2N4O2. The molecule has 2 aromatic heterocycles. The third kappa shape index (κ3) is 4.94. The highest BCUT2D eigenvalue weighted by atomic mass is 35.5. The summed E-state index contributed by atoms with van der Waals surface area (Å²) in [6, 6.07) is 4.57. The molecule has 0 radical (unpaired) electrons. The Hall–Kier alpha value is -1.86. The summed E-state index contributed by atoms with van der Waals surface area (Å²) >= 11 is 12.5. The molecule has 2 aromatic rings. The molecule has 0 spiro atoms. The Morgan fingerprint density at radius 1 is 0.857 bits per heavy atom. The van der Waals surface area contributed by atoms with Crippen molar-refractivity contribution in [1.82, 2.24) is 20.6 Å². The average Bonchev–Trinajstić information content (AvgIpc) is 2.61. The maximum atomic E-state index is 6.23. The normalized spacial score (nSPS) is 21.2. The zero-order valence-corrected chi connectivity index (χ0v) is 16.8. The number of nitrogens with one attached hydrogen (secondary N) is 2. The number of halogens is 2. The molecular weight excluding hydrogens is 399 g/mol. The van der Waals surface area contributed by atoms with Gasteiger partial charge in [-0.25, -0.2) is 9.97 Å². The van der Waals surface area contributed by atoms with Crippen LogP contribution in [0.4, 0.5) is 0 Å². The Morgan fingerprint density at radius 2 is 1.29 bits per heavy atom. The summed E-state index contributed by atoms with van der Waals surface area (Å²) in [4.78, 5) is 8.41. The summed E-state index contributed by atoms with van der Waals surface area (Å²) in [6.07, 6.45) is 9.24. The van der Waals surface area contributed by atoms with Crippen molar-refractivity contribution in [3.63, 3.8) is 0 Å². The van der Waals surface area contributed by atoms with E-state index in [0.29, 0.717) is 47.1 Å². The van der Waals surface area contributed by atoms with Crippen molar-refractivity contribution >= 4 is 35.4 Å². The molecule has 28 heavy (non-hydrogen) atoms. The smallest absolute Gasteiger partial charge is 0.138 e. The van der Waals surface area contributed by atoms with Crippen LogP contribution in [0.3, 0.4) is 0 Å². The minimum atomic E-state index is 0.401. The summed E-state index contributed by atoms with van der Waals surface area (Å²) in [5.41, 5.74) is 1.50. The topological polar surface area (TPSA) is 68.3 Å². The second kappa shape index (κ2) is 9.09. The highest BCUT2D eigenvalue weighted by Gasteiger charge is 2.17. The van der Waals surface area contributed by atoms with Crippen LogP contribution in [-0.2, 0) is 0 Å². The molecule has 2 N–H and O–H groups in total. The second-order valence-electron chi connectivity index (χ2n) is 6.94. The lowest BCUT2D eigenvalue weighted by Gasteiger charge is -2.27. The molecule has 148 valence electrons. The highest BCUT2D eigenvalue weighted by molar-refractivity contribution is 6.31. The first-order chi connectivity index (χ1) is 13.7. The maximum Gasteiger partial charge on any atom is 0.138 e. The van der Waals surface area contributed by atoms with E-state index in [1.54, 1.807) is 12.4 Å². The fourth-order valence-electron chi connectivity index (χ4n) is 2.84. The first kappa shape index (κ1) is 19.5. The monoisotopic (exact) mass is 420 g/mol. The van der Waals surface area contributed by atoms with Crippen LogP contribution in [0.25, 0.3) is 12.2 Å². The zero-order valence-electron chi connectivity index (χ0n) is 15.3. The number of rotatable bonds is 8. The lowest BCUT2D eigenvalue weighted by atomic mass is 10.1. The Kier molecular flexibility index (Phi) is 6.32.